The molecule has 0 saturated heterocycles. The van der Waals surface area contributed by atoms with Gasteiger partial charge in [0.2, 0.25) is 5.95 Å². The summed E-state index contributed by atoms with van der Waals surface area (Å²) >= 11 is 0. The zero-order valence-corrected chi connectivity index (χ0v) is 21.4. The van der Waals surface area contributed by atoms with Gasteiger partial charge in [0.05, 0.1) is 5.39 Å². The van der Waals surface area contributed by atoms with Gasteiger partial charge in [-0.05, 0) is 57.4 Å². The van der Waals surface area contributed by atoms with E-state index in [0.717, 1.165) is 11.6 Å². The summed E-state index contributed by atoms with van der Waals surface area (Å²) in [5.74, 6) is -1.15. The minimum Gasteiger partial charge on any atom is -0.368 e. The van der Waals surface area contributed by atoms with Gasteiger partial charge in [-0.2, -0.15) is 4.52 Å². The molecule has 10 heteroatoms. The van der Waals surface area contributed by atoms with Gasteiger partial charge in [-0.1, -0.05) is 12.1 Å². The van der Waals surface area contributed by atoms with Crippen molar-refractivity contribution in [1.82, 2.24) is 24.5 Å². The highest BCUT2D eigenvalue weighted by Gasteiger charge is 2.20. The predicted molar refractivity (Wildman–Crippen MR) is 141 cm³/mol. The first-order valence-electron chi connectivity index (χ1n) is 11.8. The molecule has 8 nitrogen and oxygen atoms in total. The number of anilines is 1. The standard InChI is InChI=1S/C25H29F2N7O.C2H2/c1-14(33(4)23(35)15-8-10-16(11-9-15)25(2,3)29)6-5-7-20-30-22-18-12-17(26)13-19(27)21(18)31-24(28)34(22)32-20;1-2/h8-14H,5-7,29H2,1-4H3,(H2,28,31);1-2H/t14-;/m0./s1. The molecule has 0 fully saturated rings. The Hall–Kier alpha value is -4.10. The molecule has 0 unspecified atom stereocenters. The number of amides is 1. The molecule has 0 saturated carbocycles. The monoisotopic (exact) mass is 507 g/mol. The molecule has 37 heavy (non-hydrogen) atoms. The fourth-order valence-electron chi connectivity index (χ4n) is 4.00. The normalized spacial score (nSPS) is 12.2. The van der Waals surface area contributed by atoms with Gasteiger partial charge in [-0.25, -0.2) is 18.7 Å². The number of carbonyl (C=O) groups excluding carboxylic acids is 1. The minimum absolute atomic E-state index is 0.0269. The van der Waals surface area contributed by atoms with E-state index in [-0.39, 0.29) is 34.4 Å². The number of terminal acetylenes is 1. The van der Waals surface area contributed by atoms with Crippen LogP contribution in [0.5, 0.6) is 0 Å². The van der Waals surface area contributed by atoms with Crippen LogP contribution in [0.3, 0.4) is 0 Å². The van der Waals surface area contributed by atoms with E-state index in [1.165, 1.54) is 10.6 Å². The van der Waals surface area contributed by atoms with Crippen molar-refractivity contribution in [3.05, 3.63) is 65.0 Å². The summed E-state index contributed by atoms with van der Waals surface area (Å²) in [6, 6.07) is 9.25. The Morgan fingerprint density at radius 2 is 1.81 bits per heavy atom. The molecule has 0 radical (unpaired) electrons. The molecule has 2 aromatic carbocycles. The quantitative estimate of drug-likeness (QED) is 0.365. The second kappa shape index (κ2) is 10.9. The Morgan fingerprint density at radius 1 is 1.16 bits per heavy atom. The Labute approximate surface area is 214 Å². The molecule has 1 atom stereocenters. The maximum atomic E-state index is 14.1. The summed E-state index contributed by atoms with van der Waals surface area (Å²) in [5.41, 5.74) is 13.3. The number of rotatable bonds is 7. The summed E-state index contributed by atoms with van der Waals surface area (Å²) in [6.45, 7) is 5.81. The Balaban J connectivity index is 0.00000186. The molecule has 4 rings (SSSR count). The van der Waals surface area contributed by atoms with Gasteiger partial charge in [0.25, 0.3) is 5.91 Å². The first kappa shape index (κ1) is 27.5. The first-order valence-corrected chi connectivity index (χ1v) is 11.8. The highest BCUT2D eigenvalue weighted by atomic mass is 19.1. The van der Waals surface area contributed by atoms with Gasteiger partial charge in [0.1, 0.15) is 11.3 Å². The molecule has 4 aromatic rings. The van der Waals surface area contributed by atoms with E-state index < -0.39 is 17.2 Å². The third-order valence-corrected chi connectivity index (χ3v) is 6.24. The third kappa shape index (κ3) is 5.84. The fraction of sp³-hybridized carbons (Fsp3) is 0.333. The van der Waals surface area contributed by atoms with Crippen molar-refractivity contribution in [3.63, 3.8) is 0 Å². The third-order valence-electron chi connectivity index (χ3n) is 6.24. The summed E-state index contributed by atoms with van der Waals surface area (Å²) in [6.07, 6.45) is 9.92. The smallest absolute Gasteiger partial charge is 0.253 e. The molecule has 0 spiro atoms. The number of aryl methyl sites for hydroxylation is 1. The number of hydrogen-bond donors (Lipinski definition) is 2. The number of nitrogens with two attached hydrogens (primary N) is 2. The van der Waals surface area contributed by atoms with E-state index in [9.17, 15) is 13.6 Å². The van der Waals surface area contributed by atoms with E-state index in [0.29, 0.717) is 30.7 Å². The van der Waals surface area contributed by atoms with Crippen LogP contribution < -0.4 is 11.5 Å². The minimum atomic E-state index is -0.804. The van der Waals surface area contributed by atoms with Crippen LogP contribution in [0.2, 0.25) is 0 Å². The summed E-state index contributed by atoms with van der Waals surface area (Å²) in [4.78, 5) is 23.1. The number of halogens is 2. The van der Waals surface area contributed by atoms with Crippen LogP contribution in [0.4, 0.5) is 14.7 Å². The van der Waals surface area contributed by atoms with Crippen molar-refractivity contribution in [2.45, 2.75) is 51.6 Å². The molecule has 0 aliphatic rings. The number of nitrogen functional groups attached to an aromatic ring is 1. The van der Waals surface area contributed by atoms with Crippen LogP contribution in [0, 0.1) is 24.5 Å². The molecule has 2 aromatic heterocycles. The summed E-state index contributed by atoms with van der Waals surface area (Å²) in [7, 11) is 1.78. The Kier molecular flexibility index (Phi) is 8.09. The molecule has 194 valence electrons. The van der Waals surface area contributed by atoms with Crippen molar-refractivity contribution >= 4 is 28.4 Å². The average molecular weight is 508 g/mol. The number of benzene rings is 2. The van der Waals surface area contributed by atoms with Crippen molar-refractivity contribution < 1.29 is 13.6 Å². The predicted octanol–water partition coefficient (Wildman–Crippen LogP) is 4.06. The zero-order chi connectivity index (χ0) is 27.5. The number of nitrogens with zero attached hydrogens (tertiary/aromatic N) is 5. The molecule has 0 bridgehead atoms. The van der Waals surface area contributed by atoms with Crippen LogP contribution in [0.1, 0.15) is 55.4 Å². The topological polar surface area (TPSA) is 115 Å². The SMILES string of the molecule is C#C.C[C@@H](CCCc1nc2c3cc(F)cc(F)c3nc(N)n2n1)N(C)C(=O)c1ccc(C(C)(C)N)cc1. The molecular weight excluding hydrogens is 476 g/mol. The number of aromatic nitrogens is 4. The molecule has 0 aliphatic heterocycles. The van der Waals surface area contributed by atoms with Gasteiger partial charge < -0.3 is 16.4 Å². The van der Waals surface area contributed by atoms with E-state index in [1.807, 2.05) is 32.9 Å². The van der Waals surface area contributed by atoms with E-state index in [2.05, 4.69) is 27.9 Å². The van der Waals surface area contributed by atoms with Crippen LogP contribution in [-0.2, 0) is 12.0 Å². The lowest BCUT2D eigenvalue weighted by molar-refractivity contribution is 0.0735. The van der Waals surface area contributed by atoms with Gasteiger partial charge in [0, 0.05) is 36.7 Å². The van der Waals surface area contributed by atoms with Crippen molar-refractivity contribution in [2.75, 3.05) is 12.8 Å². The lowest BCUT2D eigenvalue weighted by Crippen LogP contribution is -2.35. The van der Waals surface area contributed by atoms with Crippen LogP contribution in [-0.4, -0.2) is 43.5 Å². The van der Waals surface area contributed by atoms with Gasteiger partial charge >= 0.3 is 0 Å². The van der Waals surface area contributed by atoms with E-state index in [1.54, 1.807) is 24.1 Å². The highest BCUT2D eigenvalue weighted by molar-refractivity contribution is 5.94. The maximum Gasteiger partial charge on any atom is 0.253 e. The van der Waals surface area contributed by atoms with Crippen molar-refractivity contribution in [2.24, 2.45) is 5.73 Å². The Bertz CT molecular complexity index is 1440. The van der Waals surface area contributed by atoms with E-state index in [4.69, 9.17) is 11.5 Å². The molecule has 4 N–H and O–H groups in total. The van der Waals surface area contributed by atoms with Gasteiger partial charge in [0.15, 0.2) is 17.3 Å². The van der Waals surface area contributed by atoms with Crippen LogP contribution in [0.25, 0.3) is 16.6 Å². The largest absolute Gasteiger partial charge is 0.368 e. The van der Waals surface area contributed by atoms with E-state index >= 15 is 0 Å². The molecule has 0 aliphatic carbocycles. The molecular formula is C27H31F2N7O. The number of hydrogen-bond acceptors (Lipinski definition) is 6. The molecule has 1 amide bonds. The summed E-state index contributed by atoms with van der Waals surface area (Å²) < 4.78 is 29.2. The molecule has 2 heterocycles. The number of fused-ring (bicyclic) bond motifs is 3. The van der Waals surface area contributed by atoms with Crippen LogP contribution >= 0.6 is 0 Å². The van der Waals surface area contributed by atoms with Gasteiger partial charge in [-0.3, -0.25) is 4.79 Å². The second-order valence-electron chi connectivity index (χ2n) is 9.47. The second-order valence-corrected chi connectivity index (χ2v) is 9.47. The summed E-state index contributed by atoms with van der Waals surface area (Å²) in [5, 5.41) is 4.56. The fourth-order valence-corrected chi connectivity index (χ4v) is 4.00. The highest BCUT2D eigenvalue weighted by Crippen LogP contribution is 2.24. The number of carbonyl (C=O) groups is 1. The Morgan fingerprint density at radius 3 is 2.43 bits per heavy atom. The lowest BCUT2D eigenvalue weighted by atomic mass is 9.94. The maximum absolute atomic E-state index is 14.1. The van der Waals surface area contributed by atoms with Crippen molar-refractivity contribution in [1.29, 1.82) is 0 Å². The first-order chi connectivity index (χ1) is 17.5. The van der Waals surface area contributed by atoms with Crippen LogP contribution in [0.15, 0.2) is 36.4 Å². The van der Waals surface area contributed by atoms with Gasteiger partial charge in [-0.15, -0.1) is 17.9 Å². The lowest BCUT2D eigenvalue weighted by Gasteiger charge is -2.25. The van der Waals surface area contributed by atoms with Crippen molar-refractivity contribution in [3.8, 4) is 12.8 Å². The average Bonchev–Trinajstić information content (AvgIpc) is 3.30. The zero-order valence-electron chi connectivity index (χ0n) is 21.4.